The molecule has 0 radical (unpaired) electrons. The summed E-state index contributed by atoms with van der Waals surface area (Å²) < 4.78 is 7.28. The summed E-state index contributed by atoms with van der Waals surface area (Å²) in [6.45, 7) is 3.76. The van der Waals surface area contributed by atoms with Crippen LogP contribution in [0.4, 0.5) is 0 Å². The van der Waals surface area contributed by atoms with Crippen molar-refractivity contribution < 1.29 is 9.57 Å². The standard InChI is InChI=1S/C10H15NO2/c1-8-7-11(12-2)10-4-6-13-5-3-9(8)10/h7H,3-6H2,1-2H3. The third-order valence-electron chi connectivity index (χ3n) is 2.58. The summed E-state index contributed by atoms with van der Waals surface area (Å²) in [4.78, 5) is 5.25. The largest absolute Gasteiger partial charge is 0.417 e. The second kappa shape index (κ2) is 3.42. The summed E-state index contributed by atoms with van der Waals surface area (Å²) in [5.74, 6) is 0. The van der Waals surface area contributed by atoms with Crippen molar-refractivity contribution in [2.75, 3.05) is 20.3 Å². The first-order valence-electron chi connectivity index (χ1n) is 4.65. The highest BCUT2D eigenvalue weighted by Gasteiger charge is 2.15. The molecule has 2 rings (SSSR count). The Kier molecular flexibility index (Phi) is 2.27. The molecule has 0 aromatic carbocycles. The molecule has 72 valence electrons. The normalized spacial score (nSPS) is 16.5. The van der Waals surface area contributed by atoms with E-state index >= 15 is 0 Å². The molecule has 2 heterocycles. The fraction of sp³-hybridized carbons (Fsp3) is 0.600. The van der Waals surface area contributed by atoms with E-state index in [1.807, 2.05) is 4.73 Å². The molecule has 0 amide bonds. The van der Waals surface area contributed by atoms with Crippen LogP contribution in [0.2, 0.25) is 0 Å². The van der Waals surface area contributed by atoms with Crippen molar-refractivity contribution in [2.45, 2.75) is 19.8 Å². The topological polar surface area (TPSA) is 23.4 Å². The van der Waals surface area contributed by atoms with Crippen molar-refractivity contribution in [3.8, 4) is 0 Å². The van der Waals surface area contributed by atoms with Crippen molar-refractivity contribution >= 4 is 0 Å². The van der Waals surface area contributed by atoms with E-state index < -0.39 is 0 Å². The molecule has 3 nitrogen and oxygen atoms in total. The number of hydrogen-bond donors (Lipinski definition) is 0. The Balaban J connectivity index is 2.42. The van der Waals surface area contributed by atoms with Crippen LogP contribution in [0, 0.1) is 6.92 Å². The van der Waals surface area contributed by atoms with Gasteiger partial charge in [0.15, 0.2) is 0 Å². The molecular weight excluding hydrogens is 166 g/mol. The molecule has 0 saturated heterocycles. The minimum atomic E-state index is 0.805. The number of ether oxygens (including phenoxy) is 1. The predicted octanol–water partition coefficient (Wildman–Crippen LogP) is 0.970. The quantitative estimate of drug-likeness (QED) is 0.644. The van der Waals surface area contributed by atoms with Crippen LogP contribution in [0.15, 0.2) is 6.20 Å². The van der Waals surface area contributed by atoms with Gasteiger partial charge in [-0.15, -0.1) is 0 Å². The summed E-state index contributed by atoms with van der Waals surface area (Å²) in [6.07, 6.45) is 4.02. The average Bonchev–Trinajstić information content (AvgIpc) is 2.38. The van der Waals surface area contributed by atoms with Crippen molar-refractivity contribution in [3.05, 3.63) is 23.0 Å². The number of aryl methyl sites for hydroxylation is 1. The van der Waals surface area contributed by atoms with Crippen molar-refractivity contribution in [1.29, 1.82) is 0 Å². The Hall–Kier alpha value is -0.960. The van der Waals surface area contributed by atoms with Gasteiger partial charge in [0.25, 0.3) is 0 Å². The molecule has 0 bridgehead atoms. The third kappa shape index (κ3) is 1.44. The molecule has 1 aromatic rings. The second-order valence-corrected chi connectivity index (χ2v) is 3.36. The van der Waals surface area contributed by atoms with Gasteiger partial charge < -0.3 is 9.57 Å². The van der Waals surface area contributed by atoms with Crippen LogP contribution < -0.4 is 4.84 Å². The van der Waals surface area contributed by atoms with Gasteiger partial charge in [-0.1, -0.05) is 0 Å². The monoisotopic (exact) mass is 181 g/mol. The van der Waals surface area contributed by atoms with Crippen LogP contribution >= 0.6 is 0 Å². The lowest BCUT2D eigenvalue weighted by Crippen LogP contribution is -2.10. The highest BCUT2D eigenvalue weighted by molar-refractivity contribution is 5.31. The summed E-state index contributed by atoms with van der Waals surface area (Å²) in [5, 5.41) is 0. The molecule has 3 heteroatoms. The molecule has 0 saturated carbocycles. The maximum Gasteiger partial charge on any atom is 0.104 e. The smallest absolute Gasteiger partial charge is 0.104 e. The van der Waals surface area contributed by atoms with Crippen LogP contribution in [-0.4, -0.2) is 25.1 Å². The fourth-order valence-electron chi connectivity index (χ4n) is 1.90. The zero-order valence-corrected chi connectivity index (χ0v) is 8.17. The summed E-state index contributed by atoms with van der Waals surface area (Å²) >= 11 is 0. The molecule has 0 fully saturated rings. The maximum atomic E-state index is 5.42. The van der Waals surface area contributed by atoms with E-state index in [1.165, 1.54) is 16.8 Å². The van der Waals surface area contributed by atoms with Gasteiger partial charge in [0.1, 0.15) is 7.11 Å². The zero-order valence-electron chi connectivity index (χ0n) is 8.17. The lowest BCUT2D eigenvalue weighted by molar-refractivity contribution is 0.134. The van der Waals surface area contributed by atoms with Crippen LogP contribution in [-0.2, 0) is 17.6 Å². The van der Waals surface area contributed by atoms with E-state index in [0.717, 1.165) is 26.1 Å². The Morgan fingerprint density at radius 3 is 2.92 bits per heavy atom. The van der Waals surface area contributed by atoms with Gasteiger partial charge >= 0.3 is 0 Å². The predicted molar refractivity (Wildman–Crippen MR) is 49.9 cm³/mol. The molecule has 1 aliphatic rings. The maximum absolute atomic E-state index is 5.42. The molecule has 0 N–H and O–H groups in total. The van der Waals surface area contributed by atoms with E-state index in [-0.39, 0.29) is 0 Å². The van der Waals surface area contributed by atoms with Crippen LogP contribution in [0.5, 0.6) is 0 Å². The van der Waals surface area contributed by atoms with Crippen LogP contribution in [0.3, 0.4) is 0 Å². The first-order valence-corrected chi connectivity index (χ1v) is 4.65. The fourth-order valence-corrected chi connectivity index (χ4v) is 1.90. The van der Waals surface area contributed by atoms with E-state index in [9.17, 15) is 0 Å². The SMILES string of the molecule is COn1cc(C)c2c1CCOCC2. The van der Waals surface area contributed by atoms with Gasteiger partial charge in [-0.25, -0.2) is 0 Å². The first-order chi connectivity index (χ1) is 6.33. The number of nitrogens with zero attached hydrogens (tertiary/aromatic N) is 1. The lowest BCUT2D eigenvalue weighted by atomic mass is 10.1. The number of hydrogen-bond acceptors (Lipinski definition) is 2. The van der Waals surface area contributed by atoms with Gasteiger partial charge in [0.2, 0.25) is 0 Å². The molecule has 0 aliphatic carbocycles. The Morgan fingerprint density at radius 2 is 2.15 bits per heavy atom. The van der Waals surface area contributed by atoms with Crippen molar-refractivity contribution in [1.82, 2.24) is 4.73 Å². The summed E-state index contributed by atoms with van der Waals surface area (Å²) in [5.41, 5.74) is 3.99. The minimum absolute atomic E-state index is 0.805. The van der Waals surface area contributed by atoms with Crippen LogP contribution in [0.1, 0.15) is 16.8 Å². The van der Waals surface area contributed by atoms with Crippen LogP contribution in [0.25, 0.3) is 0 Å². The minimum Gasteiger partial charge on any atom is -0.417 e. The lowest BCUT2D eigenvalue weighted by Gasteiger charge is -2.05. The van der Waals surface area contributed by atoms with E-state index in [4.69, 9.17) is 9.57 Å². The van der Waals surface area contributed by atoms with Gasteiger partial charge in [-0.3, -0.25) is 0 Å². The second-order valence-electron chi connectivity index (χ2n) is 3.36. The van der Waals surface area contributed by atoms with E-state index in [0.29, 0.717) is 0 Å². The highest BCUT2D eigenvalue weighted by Crippen LogP contribution is 2.19. The Morgan fingerprint density at radius 1 is 1.38 bits per heavy atom. The van der Waals surface area contributed by atoms with Gasteiger partial charge in [0.05, 0.1) is 18.9 Å². The Labute approximate surface area is 78.2 Å². The molecule has 0 atom stereocenters. The number of fused-ring (bicyclic) bond motifs is 1. The van der Waals surface area contributed by atoms with Gasteiger partial charge in [-0.2, -0.15) is 4.73 Å². The molecule has 0 unspecified atom stereocenters. The molecule has 13 heavy (non-hydrogen) atoms. The zero-order chi connectivity index (χ0) is 9.26. The average molecular weight is 181 g/mol. The molecule has 0 spiro atoms. The molecule has 1 aliphatic heterocycles. The van der Waals surface area contributed by atoms with Crippen molar-refractivity contribution in [2.24, 2.45) is 0 Å². The first kappa shape index (κ1) is 8.63. The van der Waals surface area contributed by atoms with Crippen molar-refractivity contribution in [3.63, 3.8) is 0 Å². The van der Waals surface area contributed by atoms with E-state index in [1.54, 1.807) is 7.11 Å². The summed E-state index contributed by atoms with van der Waals surface area (Å²) in [7, 11) is 1.70. The van der Waals surface area contributed by atoms with Gasteiger partial charge in [-0.05, 0) is 24.5 Å². The number of rotatable bonds is 1. The third-order valence-corrected chi connectivity index (χ3v) is 2.58. The van der Waals surface area contributed by atoms with Gasteiger partial charge in [0, 0.05) is 12.6 Å². The Bertz CT molecular complexity index is 304. The number of aromatic nitrogens is 1. The summed E-state index contributed by atoms with van der Waals surface area (Å²) in [6, 6.07) is 0. The highest BCUT2D eigenvalue weighted by atomic mass is 16.6. The molecular formula is C10H15NO2. The van der Waals surface area contributed by atoms with E-state index in [2.05, 4.69) is 13.1 Å². The molecule has 1 aromatic heterocycles.